The van der Waals surface area contributed by atoms with E-state index < -0.39 is 0 Å². The summed E-state index contributed by atoms with van der Waals surface area (Å²) < 4.78 is 1.48. The lowest BCUT2D eigenvalue weighted by Crippen LogP contribution is -2.22. The highest BCUT2D eigenvalue weighted by molar-refractivity contribution is 7.13. The molecule has 4 aromatic rings. The normalized spacial score (nSPS) is 11.4. The summed E-state index contributed by atoms with van der Waals surface area (Å²) in [5.41, 5.74) is 1.23. The number of fused-ring (bicyclic) bond motifs is 1. The molecule has 3 heterocycles. The van der Waals surface area contributed by atoms with Gasteiger partial charge in [-0.1, -0.05) is 23.2 Å². The Morgan fingerprint density at radius 3 is 2.66 bits per heavy atom. The standard InChI is InChI=1S/C20H15Cl2N5OS/c1-26(2)24-9-12-7-17(29-11-12)19-25-16-5-3-13(21)8-15(16)20(28)27(19)18-6-4-14(22)10-23-18/h3-11H,1-2H3/b24-9+. The Balaban J connectivity index is 1.97. The number of thiophene rings is 1. The first-order valence-corrected chi connectivity index (χ1v) is 10.2. The van der Waals surface area contributed by atoms with E-state index >= 15 is 0 Å². The first-order valence-electron chi connectivity index (χ1n) is 8.57. The molecule has 6 nitrogen and oxygen atoms in total. The maximum Gasteiger partial charge on any atom is 0.267 e. The van der Waals surface area contributed by atoms with E-state index in [1.807, 2.05) is 25.5 Å². The highest BCUT2D eigenvalue weighted by Crippen LogP contribution is 2.28. The van der Waals surface area contributed by atoms with Crippen LogP contribution in [0, 0.1) is 0 Å². The van der Waals surface area contributed by atoms with Crippen molar-refractivity contribution < 1.29 is 0 Å². The molecule has 0 aliphatic heterocycles. The number of hydrazone groups is 1. The third-order valence-corrected chi connectivity index (χ3v) is 5.45. The molecule has 0 radical (unpaired) electrons. The summed E-state index contributed by atoms with van der Waals surface area (Å²) in [7, 11) is 3.70. The Bertz CT molecular complexity index is 1280. The smallest absolute Gasteiger partial charge is 0.267 e. The van der Waals surface area contributed by atoms with E-state index in [1.54, 1.807) is 41.6 Å². The molecule has 29 heavy (non-hydrogen) atoms. The number of rotatable bonds is 4. The van der Waals surface area contributed by atoms with Crippen molar-refractivity contribution in [3.05, 3.63) is 73.9 Å². The third kappa shape index (κ3) is 4.03. The molecule has 0 aliphatic rings. The van der Waals surface area contributed by atoms with E-state index in [4.69, 9.17) is 28.2 Å². The van der Waals surface area contributed by atoms with Crippen LogP contribution in [0.15, 0.2) is 57.9 Å². The average molecular weight is 444 g/mol. The molecule has 0 saturated carbocycles. The minimum atomic E-state index is -0.251. The van der Waals surface area contributed by atoms with Gasteiger partial charge in [-0.2, -0.15) is 5.10 Å². The molecule has 0 amide bonds. The SMILES string of the molecule is CN(C)/N=C/c1csc(-c2nc3ccc(Cl)cc3c(=O)n2-c2ccc(Cl)cn2)c1. The lowest BCUT2D eigenvalue weighted by molar-refractivity contribution is 0.440. The topological polar surface area (TPSA) is 63.4 Å². The van der Waals surface area contributed by atoms with Crippen LogP contribution in [-0.2, 0) is 0 Å². The van der Waals surface area contributed by atoms with Gasteiger partial charge in [0.1, 0.15) is 5.82 Å². The largest absolute Gasteiger partial charge is 0.303 e. The van der Waals surface area contributed by atoms with Crippen molar-refractivity contribution in [1.82, 2.24) is 19.5 Å². The molecule has 9 heteroatoms. The Hall–Kier alpha value is -2.74. The van der Waals surface area contributed by atoms with Gasteiger partial charge >= 0.3 is 0 Å². The third-order valence-electron chi connectivity index (χ3n) is 4.05. The van der Waals surface area contributed by atoms with Crippen LogP contribution in [0.2, 0.25) is 10.0 Å². The summed E-state index contributed by atoms with van der Waals surface area (Å²) in [5.74, 6) is 0.926. The highest BCUT2D eigenvalue weighted by Gasteiger charge is 2.17. The minimum absolute atomic E-state index is 0.251. The predicted octanol–water partition coefficient (Wildman–Crippen LogP) is 4.71. The van der Waals surface area contributed by atoms with Crippen LogP contribution in [0.25, 0.3) is 27.4 Å². The van der Waals surface area contributed by atoms with Gasteiger partial charge in [-0.25, -0.2) is 14.5 Å². The Labute approximate surface area is 180 Å². The first kappa shape index (κ1) is 19.6. The van der Waals surface area contributed by atoms with Gasteiger partial charge in [-0.05, 0) is 36.4 Å². The highest BCUT2D eigenvalue weighted by atomic mass is 35.5. The number of halogens is 2. The van der Waals surface area contributed by atoms with Gasteiger partial charge in [-0.3, -0.25) is 4.79 Å². The van der Waals surface area contributed by atoms with Crippen molar-refractivity contribution in [2.75, 3.05) is 14.1 Å². The second kappa shape index (κ2) is 7.94. The molecule has 0 saturated heterocycles. The summed E-state index contributed by atoms with van der Waals surface area (Å²) in [6, 6.07) is 10.4. The molecule has 1 aromatic carbocycles. The fraction of sp³-hybridized carbons (Fsp3) is 0.100. The molecule has 0 N–H and O–H groups in total. The summed E-state index contributed by atoms with van der Waals surface area (Å²) in [6.07, 6.45) is 3.25. The van der Waals surface area contributed by atoms with Gasteiger partial charge in [0.2, 0.25) is 0 Å². The fourth-order valence-electron chi connectivity index (χ4n) is 2.75. The maximum absolute atomic E-state index is 13.3. The van der Waals surface area contributed by atoms with Gasteiger partial charge in [-0.15, -0.1) is 11.3 Å². The minimum Gasteiger partial charge on any atom is -0.303 e. The lowest BCUT2D eigenvalue weighted by Gasteiger charge is -2.12. The van der Waals surface area contributed by atoms with Crippen molar-refractivity contribution in [1.29, 1.82) is 0 Å². The molecule has 4 rings (SSSR count). The average Bonchev–Trinajstić information content (AvgIpc) is 3.17. The van der Waals surface area contributed by atoms with Gasteiger partial charge in [0.05, 0.1) is 27.0 Å². The Morgan fingerprint density at radius 2 is 1.93 bits per heavy atom. The quantitative estimate of drug-likeness (QED) is 0.338. The van der Waals surface area contributed by atoms with E-state index in [0.717, 1.165) is 10.4 Å². The molecule has 146 valence electrons. The molecular weight excluding hydrogens is 429 g/mol. The lowest BCUT2D eigenvalue weighted by atomic mass is 10.2. The molecule has 0 aliphatic carbocycles. The number of hydrogen-bond donors (Lipinski definition) is 0. The number of nitrogens with zero attached hydrogens (tertiary/aromatic N) is 5. The van der Waals surface area contributed by atoms with Crippen LogP contribution in [0.5, 0.6) is 0 Å². The van der Waals surface area contributed by atoms with E-state index in [-0.39, 0.29) is 5.56 Å². The molecule has 0 spiro atoms. The van der Waals surface area contributed by atoms with E-state index in [0.29, 0.717) is 32.6 Å². The summed E-state index contributed by atoms with van der Waals surface area (Å²) in [4.78, 5) is 23.2. The Kier molecular flexibility index (Phi) is 5.36. The van der Waals surface area contributed by atoms with E-state index in [1.165, 1.54) is 22.1 Å². The molecule has 0 bridgehead atoms. The van der Waals surface area contributed by atoms with Gasteiger partial charge in [0, 0.05) is 36.3 Å². The maximum atomic E-state index is 13.3. The second-order valence-electron chi connectivity index (χ2n) is 6.41. The van der Waals surface area contributed by atoms with Crippen molar-refractivity contribution >= 4 is 51.7 Å². The van der Waals surface area contributed by atoms with Crippen LogP contribution < -0.4 is 5.56 Å². The van der Waals surface area contributed by atoms with Gasteiger partial charge < -0.3 is 5.01 Å². The van der Waals surface area contributed by atoms with Gasteiger partial charge in [0.25, 0.3) is 5.56 Å². The first-order chi connectivity index (χ1) is 13.9. The predicted molar refractivity (Wildman–Crippen MR) is 120 cm³/mol. The zero-order chi connectivity index (χ0) is 20.5. The zero-order valence-electron chi connectivity index (χ0n) is 15.5. The van der Waals surface area contributed by atoms with Crippen molar-refractivity contribution in [2.24, 2.45) is 5.10 Å². The molecule has 0 fully saturated rings. The van der Waals surface area contributed by atoms with Crippen LogP contribution in [-0.4, -0.2) is 39.9 Å². The van der Waals surface area contributed by atoms with Crippen molar-refractivity contribution in [3.63, 3.8) is 0 Å². The van der Waals surface area contributed by atoms with Gasteiger partial charge in [0.15, 0.2) is 5.82 Å². The zero-order valence-corrected chi connectivity index (χ0v) is 17.8. The monoisotopic (exact) mass is 443 g/mol. The molecule has 0 atom stereocenters. The van der Waals surface area contributed by atoms with Crippen molar-refractivity contribution in [2.45, 2.75) is 0 Å². The molecule has 3 aromatic heterocycles. The Morgan fingerprint density at radius 1 is 1.14 bits per heavy atom. The van der Waals surface area contributed by atoms with E-state index in [2.05, 4.69) is 10.1 Å². The number of aromatic nitrogens is 3. The number of benzene rings is 1. The summed E-state index contributed by atoms with van der Waals surface area (Å²) in [5, 5.41) is 9.30. The van der Waals surface area contributed by atoms with Crippen LogP contribution in [0.4, 0.5) is 0 Å². The second-order valence-corrected chi connectivity index (χ2v) is 8.19. The van der Waals surface area contributed by atoms with E-state index in [9.17, 15) is 4.79 Å². The molecule has 0 unspecified atom stereocenters. The molecular formula is C20H15Cl2N5OS. The number of pyridine rings is 1. The number of hydrogen-bond acceptors (Lipinski definition) is 6. The fourth-order valence-corrected chi connectivity index (χ4v) is 3.88. The summed E-state index contributed by atoms with van der Waals surface area (Å²) in [6.45, 7) is 0. The van der Waals surface area contributed by atoms with Crippen LogP contribution >= 0.6 is 34.5 Å². The summed E-state index contributed by atoms with van der Waals surface area (Å²) >= 11 is 13.6. The van der Waals surface area contributed by atoms with Crippen LogP contribution in [0.1, 0.15) is 5.56 Å². The van der Waals surface area contributed by atoms with Crippen LogP contribution in [0.3, 0.4) is 0 Å². The van der Waals surface area contributed by atoms with Crippen molar-refractivity contribution in [3.8, 4) is 16.5 Å².